The summed E-state index contributed by atoms with van der Waals surface area (Å²) < 4.78 is 10.7. The van der Waals surface area contributed by atoms with E-state index in [9.17, 15) is 0 Å². The maximum Gasteiger partial charge on any atom is 0.176 e. The standard InChI is InChI=1S/C12H19N3O2/c1-3-16-11(17-4-2)9-15-12(13)10-5-7-14-8-6-10/h5-8,11H,3-4,9H2,1-2H3,(H2,13,15). The van der Waals surface area contributed by atoms with E-state index in [4.69, 9.17) is 15.2 Å². The molecule has 0 unspecified atom stereocenters. The maximum atomic E-state index is 5.85. The van der Waals surface area contributed by atoms with E-state index in [1.807, 2.05) is 26.0 Å². The highest BCUT2D eigenvalue weighted by Crippen LogP contribution is 1.99. The molecule has 0 saturated carbocycles. The molecule has 94 valence electrons. The Morgan fingerprint density at radius 2 is 1.88 bits per heavy atom. The van der Waals surface area contributed by atoms with Crippen LogP contribution in [0.15, 0.2) is 29.5 Å². The van der Waals surface area contributed by atoms with Crippen LogP contribution >= 0.6 is 0 Å². The first-order valence-electron chi connectivity index (χ1n) is 5.71. The van der Waals surface area contributed by atoms with Gasteiger partial charge in [0, 0.05) is 31.2 Å². The van der Waals surface area contributed by atoms with Gasteiger partial charge in [0.15, 0.2) is 6.29 Å². The Labute approximate surface area is 102 Å². The van der Waals surface area contributed by atoms with Crippen LogP contribution in [0.1, 0.15) is 19.4 Å². The van der Waals surface area contributed by atoms with Crippen LogP contribution in [0, 0.1) is 0 Å². The molecule has 1 aromatic rings. The molecule has 0 radical (unpaired) electrons. The third-order valence-corrected chi connectivity index (χ3v) is 2.09. The van der Waals surface area contributed by atoms with Crippen LogP contribution in [0.3, 0.4) is 0 Å². The normalized spacial score (nSPS) is 12.1. The van der Waals surface area contributed by atoms with E-state index in [1.165, 1.54) is 0 Å². The van der Waals surface area contributed by atoms with E-state index in [1.54, 1.807) is 12.4 Å². The highest BCUT2D eigenvalue weighted by molar-refractivity contribution is 5.97. The average molecular weight is 237 g/mol. The molecule has 0 aliphatic rings. The van der Waals surface area contributed by atoms with E-state index < -0.39 is 0 Å². The van der Waals surface area contributed by atoms with Gasteiger partial charge >= 0.3 is 0 Å². The summed E-state index contributed by atoms with van der Waals surface area (Å²) in [4.78, 5) is 8.17. The lowest BCUT2D eigenvalue weighted by Gasteiger charge is -2.14. The van der Waals surface area contributed by atoms with Crippen molar-refractivity contribution in [1.82, 2.24) is 4.98 Å². The molecular weight excluding hydrogens is 218 g/mol. The predicted octanol–water partition coefficient (Wildman–Crippen LogP) is 1.19. The zero-order valence-electron chi connectivity index (χ0n) is 10.3. The molecule has 0 bridgehead atoms. The number of aliphatic imine (C=N–C) groups is 1. The second-order valence-corrected chi connectivity index (χ2v) is 3.30. The monoisotopic (exact) mass is 237 g/mol. The van der Waals surface area contributed by atoms with Crippen LogP contribution in [-0.4, -0.2) is 36.9 Å². The zero-order chi connectivity index (χ0) is 12.5. The molecule has 5 nitrogen and oxygen atoms in total. The molecule has 0 atom stereocenters. The van der Waals surface area contributed by atoms with Crippen LogP contribution in [0.2, 0.25) is 0 Å². The Kier molecular flexibility index (Phi) is 6.21. The van der Waals surface area contributed by atoms with Crippen LogP contribution in [-0.2, 0) is 9.47 Å². The second kappa shape index (κ2) is 7.76. The Morgan fingerprint density at radius 3 is 2.41 bits per heavy atom. The van der Waals surface area contributed by atoms with Gasteiger partial charge in [-0.3, -0.25) is 9.98 Å². The number of rotatable bonds is 7. The van der Waals surface area contributed by atoms with Crippen molar-refractivity contribution in [1.29, 1.82) is 0 Å². The van der Waals surface area contributed by atoms with Gasteiger partial charge in [0.1, 0.15) is 5.84 Å². The smallest absolute Gasteiger partial charge is 0.176 e. The van der Waals surface area contributed by atoms with Crippen molar-refractivity contribution in [2.45, 2.75) is 20.1 Å². The Balaban J connectivity index is 2.56. The van der Waals surface area contributed by atoms with Crippen molar-refractivity contribution < 1.29 is 9.47 Å². The third kappa shape index (κ3) is 4.93. The van der Waals surface area contributed by atoms with Crippen molar-refractivity contribution in [2.75, 3.05) is 19.8 Å². The molecule has 0 fully saturated rings. The summed E-state index contributed by atoms with van der Waals surface area (Å²) in [6, 6.07) is 3.63. The van der Waals surface area contributed by atoms with Crippen molar-refractivity contribution in [3.05, 3.63) is 30.1 Å². The van der Waals surface area contributed by atoms with E-state index in [-0.39, 0.29) is 6.29 Å². The lowest BCUT2D eigenvalue weighted by Crippen LogP contribution is -2.23. The van der Waals surface area contributed by atoms with Crippen LogP contribution in [0.4, 0.5) is 0 Å². The fourth-order valence-electron chi connectivity index (χ4n) is 1.31. The SMILES string of the molecule is CCOC(CN=C(N)c1ccncc1)OCC. The number of nitrogens with zero attached hydrogens (tertiary/aromatic N) is 2. The van der Waals surface area contributed by atoms with Gasteiger partial charge in [-0.05, 0) is 26.0 Å². The summed E-state index contributed by atoms with van der Waals surface area (Å²) in [5.74, 6) is 0.469. The summed E-state index contributed by atoms with van der Waals surface area (Å²) in [5, 5.41) is 0. The summed E-state index contributed by atoms with van der Waals surface area (Å²) in [7, 11) is 0. The largest absolute Gasteiger partial charge is 0.384 e. The van der Waals surface area contributed by atoms with Crippen molar-refractivity contribution in [3.8, 4) is 0 Å². The van der Waals surface area contributed by atoms with Crippen LogP contribution in [0.5, 0.6) is 0 Å². The lowest BCUT2D eigenvalue weighted by atomic mass is 10.2. The fourth-order valence-corrected chi connectivity index (χ4v) is 1.31. The van der Waals surface area contributed by atoms with E-state index in [0.717, 1.165) is 5.56 Å². The molecule has 0 amide bonds. The minimum atomic E-state index is -0.328. The topological polar surface area (TPSA) is 69.7 Å². The Bertz CT molecular complexity index is 335. The fraction of sp³-hybridized carbons (Fsp3) is 0.500. The van der Waals surface area contributed by atoms with Gasteiger partial charge in [-0.2, -0.15) is 0 Å². The molecule has 2 N–H and O–H groups in total. The first-order valence-corrected chi connectivity index (χ1v) is 5.71. The van der Waals surface area contributed by atoms with Crippen molar-refractivity contribution in [3.63, 3.8) is 0 Å². The molecule has 17 heavy (non-hydrogen) atoms. The van der Waals surface area contributed by atoms with Gasteiger partial charge in [-0.1, -0.05) is 0 Å². The van der Waals surface area contributed by atoms with Gasteiger partial charge in [-0.25, -0.2) is 0 Å². The van der Waals surface area contributed by atoms with Crippen LogP contribution in [0.25, 0.3) is 0 Å². The number of aromatic nitrogens is 1. The summed E-state index contributed by atoms with van der Waals surface area (Å²) in [5.41, 5.74) is 6.70. The van der Waals surface area contributed by atoms with Gasteiger partial charge in [-0.15, -0.1) is 0 Å². The first kappa shape index (κ1) is 13.6. The number of hydrogen-bond acceptors (Lipinski definition) is 4. The number of hydrogen-bond donors (Lipinski definition) is 1. The molecule has 1 heterocycles. The minimum Gasteiger partial charge on any atom is -0.384 e. The van der Waals surface area contributed by atoms with E-state index in [0.29, 0.717) is 25.6 Å². The van der Waals surface area contributed by atoms with Crippen molar-refractivity contribution in [2.24, 2.45) is 10.7 Å². The number of pyridine rings is 1. The van der Waals surface area contributed by atoms with E-state index in [2.05, 4.69) is 9.98 Å². The molecular formula is C12H19N3O2. The van der Waals surface area contributed by atoms with Crippen LogP contribution < -0.4 is 5.73 Å². The molecule has 5 heteroatoms. The lowest BCUT2D eigenvalue weighted by molar-refractivity contribution is -0.128. The second-order valence-electron chi connectivity index (χ2n) is 3.30. The van der Waals surface area contributed by atoms with Crippen molar-refractivity contribution >= 4 is 5.84 Å². The third-order valence-electron chi connectivity index (χ3n) is 2.09. The molecule has 0 aliphatic carbocycles. The first-order chi connectivity index (χ1) is 8.27. The van der Waals surface area contributed by atoms with Gasteiger partial charge in [0.25, 0.3) is 0 Å². The minimum absolute atomic E-state index is 0.328. The van der Waals surface area contributed by atoms with Gasteiger partial charge in [0.2, 0.25) is 0 Å². The summed E-state index contributed by atoms with van der Waals surface area (Å²) in [6.45, 7) is 5.42. The molecule has 0 saturated heterocycles. The Hall–Kier alpha value is -1.46. The van der Waals surface area contributed by atoms with Gasteiger partial charge in [0.05, 0.1) is 6.54 Å². The Morgan fingerprint density at radius 1 is 1.29 bits per heavy atom. The highest BCUT2D eigenvalue weighted by Gasteiger charge is 2.07. The highest BCUT2D eigenvalue weighted by atomic mass is 16.7. The average Bonchev–Trinajstić information content (AvgIpc) is 2.37. The number of ether oxygens (including phenoxy) is 2. The summed E-state index contributed by atoms with van der Waals surface area (Å²) in [6.07, 6.45) is 3.03. The molecule has 0 aromatic carbocycles. The molecule has 0 spiro atoms. The molecule has 0 aliphatic heterocycles. The zero-order valence-corrected chi connectivity index (χ0v) is 10.3. The number of nitrogens with two attached hydrogens (primary N) is 1. The van der Waals surface area contributed by atoms with Gasteiger partial charge < -0.3 is 15.2 Å². The maximum absolute atomic E-state index is 5.85. The number of amidine groups is 1. The molecule has 1 aromatic heterocycles. The quantitative estimate of drug-likeness (QED) is 0.439. The predicted molar refractivity (Wildman–Crippen MR) is 66.9 cm³/mol. The molecule has 1 rings (SSSR count). The van der Waals surface area contributed by atoms with E-state index >= 15 is 0 Å². The summed E-state index contributed by atoms with van der Waals surface area (Å²) >= 11 is 0.